The van der Waals surface area contributed by atoms with E-state index in [-0.39, 0.29) is 17.5 Å². The molecule has 0 N–H and O–H groups in total. The second kappa shape index (κ2) is 6.66. The summed E-state index contributed by atoms with van der Waals surface area (Å²) in [6, 6.07) is 3.86. The molecule has 7 nitrogen and oxygen atoms in total. The van der Waals surface area contributed by atoms with E-state index in [0.717, 1.165) is 12.1 Å². The number of carbonyl (C=O) groups excluding carboxylic acids is 1. The van der Waals surface area contributed by atoms with Crippen molar-refractivity contribution in [1.82, 2.24) is 29.0 Å². The summed E-state index contributed by atoms with van der Waals surface area (Å²) in [4.78, 5) is 18.7. The molecule has 1 aliphatic heterocycles. The Morgan fingerprint density at radius 2 is 1.89 bits per heavy atom. The normalized spacial score (nSPS) is 16.9. The van der Waals surface area contributed by atoms with Gasteiger partial charge >= 0.3 is 6.18 Å². The Morgan fingerprint density at radius 1 is 1.18 bits per heavy atom. The SMILES string of the molecule is Cc1nsc(-c2nnc3n2CCN(C(=O)c2ccc(C(F)(F)F)cc2)C3C)n1. The molecule has 1 unspecified atom stereocenters. The zero-order valence-corrected chi connectivity index (χ0v) is 15.8. The summed E-state index contributed by atoms with van der Waals surface area (Å²) in [6.45, 7) is 4.46. The first kappa shape index (κ1) is 18.5. The number of hydrogen-bond acceptors (Lipinski definition) is 6. The van der Waals surface area contributed by atoms with Gasteiger partial charge in [0.1, 0.15) is 5.82 Å². The number of hydrogen-bond donors (Lipinski definition) is 0. The summed E-state index contributed by atoms with van der Waals surface area (Å²) in [7, 11) is 0. The third-order valence-corrected chi connectivity index (χ3v) is 5.43. The van der Waals surface area contributed by atoms with E-state index in [0.29, 0.717) is 35.6 Å². The molecule has 0 aliphatic carbocycles. The lowest BCUT2D eigenvalue weighted by molar-refractivity contribution is -0.137. The first-order valence-corrected chi connectivity index (χ1v) is 9.25. The van der Waals surface area contributed by atoms with Gasteiger partial charge in [0, 0.05) is 18.7 Å². The largest absolute Gasteiger partial charge is 0.416 e. The monoisotopic (exact) mass is 408 g/mol. The lowest BCUT2D eigenvalue weighted by atomic mass is 10.1. The van der Waals surface area contributed by atoms with E-state index in [1.54, 1.807) is 11.8 Å². The highest BCUT2D eigenvalue weighted by Gasteiger charge is 2.34. The Hall–Kier alpha value is -2.82. The molecular formula is C17H15F3N6OS. The fourth-order valence-electron chi connectivity index (χ4n) is 3.18. The van der Waals surface area contributed by atoms with E-state index >= 15 is 0 Å². The van der Waals surface area contributed by atoms with E-state index < -0.39 is 11.7 Å². The predicted molar refractivity (Wildman–Crippen MR) is 94.6 cm³/mol. The van der Waals surface area contributed by atoms with Crippen molar-refractivity contribution in [3.05, 3.63) is 47.0 Å². The summed E-state index contributed by atoms with van der Waals surface area (Å²) < 4.78 is 44.2. The quantitative estimate of drug-likeness (QED) is 0.650. The van der Waals surface area contributed by atoms with Crippen LogP contribution in [0.3, 0.4) is 0 Å². The molecule has 2 aromatic heterocycles. The van der Waals surface area contributed by atoms with Gasteiger partial charge in [0.2, 0.25) is 0 Å². The van der Waals surface area contributed by atoms with Crippen LogP contribution in [0.15, 0.2) is 24.3 Å². The fourth-order valence-corrected chi connectivity index (χ4v) is 3.84. The molecular weight excluding hydrogens is 393 g/mol. The third kappa shape index (κ3) is 3.15. The molecule has 1 atom stereocenters. The molecule has 11 heteroatoms. The van der Waals surface area contributed by atoms with Crippen molar-refractivity contribution in [3.63, 3.8) is 0 Å². The number of aromatic nitrogens is 5. The Kier molecular flexibility index (Phi) is 4.41. The van der Waals surface area contributed by atoms with Crippen molar-refractivity contribution < 1.29 is 18.0 Å². The number of fused-ring (bicyclic) bond motifs is 1. The zero-order valence-electron chi connectivity index (χ0n) is 14.9. The van der Waals surface area contributed by atoms with Crippen molar-refractivity contribution in [2.75, 3.05) is 6.54 Å². The predicted octanol–water partition coefficient (Wildman–Crippen LogP) is 3.34. The molecule has 0 saturated carbocycles. The molecule has 3 aromatic rings. The summed E-state index contributed by atoms with van der Waals surface area (Å²) >= 11 is 1.23. The molecule has 0 bridgehead atoms. The van der Waals surface area contributed by atoms with Gasteiger partial charge in [-0.1, -0.05) is 0 Å². The molecule has 0 spiro atoms. The zero-order chi connectivity index (χ0) is 20.1. The minimum Gasteiger partial charge on any atom is -0.327 e. The van der Waals surface area contributed by atoms with Gasteiger partial charge in [-0.25, -0.2) is 4.98 Å². The van der Waals surface area contributed by atoms with E-state index in [9.17, 15) is 18.0 Å². The molecule has 4 rings (SSSR count). The topological polar surface area (TPSA) is 76.8 Å². The van der Waals surface area contributed by atoms with Crippen LogP contribution < -0.4 is 0 Å². The summed E-state index contributed by atoms with van der Waals surface area (Å²) in [5, 5.41) is 9.06. The molecule has 0 saturated heterocycles. The Bertz CT molecular complexity index is 1030. The van der Waals surface area contributed by atoms with E-state index in [2.05, 4.69) is 19.6 Å². The van der Waals surface area contributed by atoms with Gasteiger partial charge in [0.05, 0.1) is 11.6 Å². The van der Waals surface area contributed by atoms with Gasteiger partial charge in [-0.3, -0.25) is 4.79 Å². The van der Waals surface area contributed by atoms with Gasteiger partial charge < -0.3 is 9.47 Å². The average Bonchev–Trinajstić information content (AvgIpc) is 3.27. The number of aryl methyl sites for hydroxylation is 1. The second-order valence-corrected chi connectivity index (χ2v) is 7.18. The van der Waals surface area contributed by atoms with E-state index in [1.165, 1.54) is 23.7 Å². The van der Waals surface area contributed by atoms with Gasteiger partial charge in [-0.05, 0) is 49.6 Å². The molecule has 28 heavy (non-hydrogen) atoms. The van der Waals surface area contributed by atoms with Gasteiger partial charge in [-0.15, -0.1) is 10.2 Å². The van der Waals surface area contributed by atoms with Crippen molar-refractivity contribution in [2.24, 2.45) is 0 Å². The van der Waals surface area contributed by atoms with E-state index in [1.807, 2.05) is 11.5 Å². The van der Waals surface area contributed by atoms with Crippen molar-refractivity contribution in [2.45, 2.75) is 32.6 Å². The number of alkyl halides is 3. The number of rotatable bonds is 2. The van der Waals surface area contributed by atoms with Crippen LogP contribution in [0.5, 0.6) is 0 Å². The molecule has 146 valence electrons. The van der Waals surface area contributed by atoms with Crippen LogP contribution in [-0.4, -0.2) is 41.5 Å². The highest BCUT2D eigenvalue weighted by atomic mass is 32.1. The van der Waals surface area contributed by atoms with Crippen LogP contribution in [0.4, 0.5) is 13.2 Å². The van der Waals surface area contributed by atoms with Crippen molar-refractivity contribution >= 4 is 17.4 Å². The first-order chi connectivity index (χ1) is 13.3. The summed E-state index contributed by atoms with van der Waals surface area (Å²) in [5.41, 5.74) is -0.583. The molecule has 3 heterocycles. The number of carbonyl (C=O) groups is 1. The van der Waals surface area contributed by atoms with Crippen LogP contribution in [0, 0.1) is 6.92 Å². The number of benzene rings is 1. The van der Waals surface area contributed by atoms with Crippen molar-refractivity contribution in [1.29, 1.82) is 0 Å². The second-order valence-electron chi connectivity index (χ2n) is 6.43. The molecule has 1 aliphatic rings. The lowest BCUT2D eigenvalue weighted by Crippen LogP contribution is -2.41. The lowest BCUT2D eigenvalue weighted by Gasteiger charge is -2.33. The van der Waals surface area contributed by atoms with Crippen LogP contribution in [0.2, 0.25) is 0 Å². The van der Waals surface area contributed by atoms with Gasteiger partial charge in [0.15, 0.2) is 16.7 Å². The van der Waals surface area contributed by atoms with Crippen LogP contribution in [-0.2, 0) is 12.7 Å². The Morgan fingerprint density at radius 3 is 2.50 bits per heavy atom. The average molecular weight is 408 g/mol. The highest BCUT2D eigenvalue weighted by molar-refractivity contribution is 7.09. The Balaban J connectivity index is 1.59. The number of amides is 1. The summed E-state index contributed by atoms with van der Waals surface area (Å²) in [5.74, 6) is 1.52. The van der Waals surface area contributed by atoms with Gasteiger partial charge in [0.25, 0.3) is 5.91 Å². The van der Waals surface area contributed by atoms with Crippen LogP contribution >= 0.6 is 11.5 Å². The molecule has 1 amide bonds. The third-order valence-electron chi connectivity index (χ3n) is 4.62. The van der Waals surface area contributed by atoms with E-state index in [4.69, 9.17) is 0 Å². The number of nitrogens with zero attached hydrogens (tertiary/aromatic N) is 6. The number of halogens is 3. The molecule has 1 aromatic carbocycles. The smallest absolute Gasteiger partial charge is 0.327 e. The minimum absolute atomic E-state index is 0.202. The molecule has 0 fully saturated rings. The standard InChI is InChI=1S/C17H15F3N6OS/c1-9-13-22-23-14(15-21-10(2)24-28-15)26(13)8-7-25(9)16(27)11-3-5-12(6-4-11)17(18,19)20/h3-6,9H,7-8H2,1-2H3. The Labute approximate surface area is 162 Å². The molecule has 0 radical (unpaired) electrons. The van der Waals surface area contributed by atoms with Crippen LogP contribution in [0.1, 0.15) is 40.5 Å². The van der Waals surface area contributed by atoms with Crippen molar-refractivity contribution in [3.8, 4) is 10.8 Å². The fraction of sp³-hybridized carbons (Fsp3) is 0.353. The summed E-state index contributed by atoms with van der Waals surface area (Å²) in [6.07, 6.45) is -4.43. The van der Waals surface area contributed by atoms with Crippen LogP contribution in [0.25, 0.3) is 10.8 Å². The maximum atomic E-state index is 12.8. The highest BCUT2D eigenvalue weighted by Crippen LogP contribution is 2.32. The maximum absolute atomic E-state index is 12.8. The first-order valence-electron chi connectivity index (χ1n) is 8.47. The maximum Gasteiger partial charge on any atom is 0.416 e. The van der Waals surface area contributed by atoms with Gasteiger partial charge in [-0.2, -0.15) is 17.5 Å². The minimum atomic E-state index is -4.43.